The summed E-state index contributed by atoms with van der Waals surface area (Å²) in [5.41, 5.74) is 1.52. The van der Waals surface area contributed by atoms with Crippen LogP contribution in [-0.2, 0) is 22.6 Å². The van der Waals surface area contributed by atoms with Gasteiger partial charge in [0.15, 0.2) is 5.16 Å². The van der Waals surface area contributed by atoms with Crippen molar-refractivity contribution in [3.8, 4) is 0 Å². The van der Waals surface area contributed by atoms with Crippen molar-refractivity contribution in [2.75, 3.05) is 18.1 Å². The third-order valence-corrected chi connectivity index (χ3v) is 5.07. The molecule has 0 aliphatic heterocycles. The number of hydrogen-bond donors (Lipinski definition) is 2. The predicted octanol–water partition coefficient (Wildman–Crippen LogP) is 3.28. The van der Waals surface area contributed by atoms with E-state index in [1.165, 1.54) is 24.8 Å². The summed E-state index contributed by atoms with van der Waals surface area (Å²) >= 11 is 1.31. The van der Waals surface area contributed by atoms with E-state index in [-0.39, 0.29) is 37.4 Å². The van der Waals surface area contributed by atoms with E-state index in [1.807, 2.05) is 0 Å². The van der Waals surface area contributed by atoms with E-state index in [1.54, 1.807) is 31.4 Å². The van der Waals surface area contributed by atoms with Gasteiger partial charge in [-0.15, -0.1) is 0 Å². The molecule has 0 aliphatic carbocycles. The number of amides is 2. The number of alkyl halides is 3. The fourth-order valence-electron chi connectivity index (χ4n) is 2.91. The Hall–Kier alpha value is -2.82. The highest BCUT2D eigenvalue weighted by Gasteiger charge is 2.41. The molecule has 168 valence electrons. The standard InChI is InChI=1S/C20H23F3N4O3S/c1-4-27(18(30)20(21,22)23)11-13-6-5-7-14(10-13)25-16(28)9-8-15-12(2)24-19(31-3)26-17(15)29/h5-7,10H,4,8-9,11H2,1-3H3,(H,25,28)(H,24,26,29). The van der Waals surface area contributed by atoms with Crippen molar-refractivity contribution in [1.82, 2.24) is 14.9 Å². The largest absolute Gasteiger partial charge is 0.471 e. The topological polar surface area (TPSA) is 95.2 Å². The molecule has 2 aromatic rings. The zero-order valence-electron chi connectivity index (χ0n) is 17.3. The van der Waals surface area contributed by atoms with Crippen LogP contribution in [0.25, 0.3) is 0 Å². The smallest absolute Gasteiger partial charge is 0.331 e. The summed E-state index contributed by atoms with van der Waals surface area (Å²) in [5, 5.41) is 3.16. The van der Waals surface area contributed by atoms with Crippen LogP contribution < -0.4 is 10.9 Å². The van der Waals surface area contributed by atoms with E-state index in [2.05, 4.69) is 15.3 Å². The van der Waals surface area contributed by atoms with E-state index in [4.69, 9.17) is 0 Å². The summed E-state index contributed by atoms with van der Waals surface area (Å²) in [4.78, 5) is 43.5. The van der Waals surface area contributed by atoms with Crippen LogP contribution in [0, 0.1) is 6.92 Å². The van der Waals surface area contributed by atoms with E-state index in [0.29, 0.717) is 32.6 Å². The molecule has 31 heavy (non-hydrogen) atoms. The zero-order chi connectivity index (χ0) is 23.2. The first-order valence-corrected chi connectivity index (χ1v) is 10.7. The van der Waals surface area contributed by atoms with Crippen LogP contribution in [0.2, 0.25) is 0 Å². The van der Waals surface area contributed by atoms with Gasteiger partial charge in [-0.25, -0.2) is 4.98 Å². The van der Waals surface area contributed by atoms with Crippen molar-refractivity contribution < 1.29 is 22.8 Å². The number of carbonyl (C=O) groups excluding carboxylic acids is 2. The van der Waals surface area contributed by atoms with E-state index in [9.17, 15) is 27.6 Å². The number of aromatic amines is 1. The fraction of sp³-hybridized carbons (Fsp3) is 0.400. The molecule has 0 atom stereocenters. The Kier molecular flexibility index (Phi) is 8.26. The number of hydrogen-bond acceptors (Lipinski definition) is 5. The van der Waals surface area contributed by atoms with Crippen LogP contribution in [-0.4, -0.2) is 45.7 Å². The summed E-state index contributed by atoms with van der Waals surface area (Å²) in [5.74, 6) is -2.27. The third kappa shape index (κ3) is 6.84. The van der Waals surface area contributed by atoms with Gasteiger partial charge in [0.2, 0.25) is 5.91 Å². The highest BCUT2D eigenvalue weighted by Crippen LogP contribution is 2.21. The van der Waals surface area contributed by atoms with Gasteiger partial charge in [0.05, 0.1) is 0 Å². The molecule has 1 aromatic heterocycles. The number of rotatable bonds is 8. The lowest BCUT2D eigenvalue weighted by Gasteiger charge is -2.22. The van der Waals surface area contributed by atoms with Gasteiger partial charge in [-0.3, -0.25) is 14.4 Å². The number of benzene rings is 1. The van der Waals surface area contributed by atoms with Crippen LogP contribution in [0.1, 0.15) is 30.2 Å². The first-order chi connectivity index (χ1) is 14.5. The second-order valence-electron chi connectivity index (χ2n) is 6.70. The molecule has 2 N–H and O–H groups in total. The van der Waals surface area contributed by atoms with Crippen molar-refractivity contribution in [2.45, 2.75) is 44.6 Å². The molecule has 2 amide bonds. The molecule has 0 saturated carbocycles. The van der Waals surface area contributed by atoms with Crippen molar-refractivity contribution in [3.05, 3.63) is 51.4 Å². The maximum absolute atomic E-state index is 12.7. The van der Waals surface area contributed by atoms with Crippen LogP contribution >= 0.6 is 11.8 Å². The number of aryl methyl sites for hydroxylation is 1. The molecular weight excluding hydrogens is 433 g/mol. The molecule has 0 fully saturated rings. The molecule has 0 spiro atoms. The molecule has 1 heterocycles. The summed E-state index contributed by atoms with van der Waals surface area (Å²) in [7, 11) is 0. The van der Waals surface area contributed by atoms with Crippen LogP contribution in [0.4, 0.5) is 18.9 Å². The Labute approximate surface area is 181 Å². The Balaban J connectivity index is 2.02. The lowest BCUT2D eigenvalue weighted by molar-refractivity contribution is -0.185. The van der Waals surface area contributed by atoms with Gasteiger partial charge in [-0.1, -0.05) is 23.9 Å². The summed E-state index contributed by atoms with van der Waals surface area (Å²) in [6, 6.07) is 6.26. The molecule has 0 bridgehead atoms. The minimum Gasteiger partial charge on any atom is -0.331 e. The first-order valence-electron chi connectivity index (χ1n) is 9.43. The molecule has 11 heteroatoms. The van der Waals surface area contributed by atoms with Crippen molar-refractivity contribution in [1.29, 1.82) is 0 Å². The normalized spacial score (nSPS) is 11.3. The minimum atomic E-state index is -4.94. The Morgan fingerprint density at radius 2 is 2.00 bits per heavy atom. The lowest BCUT2D eigenvalue weighted by Crippen LogP contribution is -2.40. The number of thioether (sulfide) groups is 1. The van der Waals surface area contributed by atoms with Gasteiger partial charge < -0.3 is 15.2 Å². The Bertz CT molecular complexity index is 1010. The SMILES string of the molecule is CCN(Cc1cccc(NC(=O)CCc2c(C)nc(SC)[nH]c2=O)c1)C(=O)C(F)(F)F. The number of H-pyrrole nitrogens is 1. The van der Waals surface area contributed by atoms with Gasteiger partial charge in [0.25, 0.3) is 5.56 Å². The molecule has 0 saturated heterocycles. The Morgan fingerprint density at radius 1 is 1.29 bits per heavy atom. The molecule has 0 radical (unpaired) electrons. The quantitative estimate of drug-likeness (QED) is 0.470. The monoisotopic (exact) mass is 456 g/mol. The lowest BCUT2D eigenvalue weighted by atomic mass is 10.1. The number of carbonyl (C=O) groups is 2. The average molecular weight is 456 g/mol. The highest BCUT2D eigenvalue weighted by atomic mass is 32.2. The van der Waals surface area contributed by atoms with Crippen LogP contribution in [0.5, 0.6) is 0 Å². The van der Waals surface area contributed by atoms with Gasteiger partial charge in [-0.05, 0) is 44.2 Å². The van der Waals surface area contributed by atoms with Crippen molar-refractivity contribution in [3.63, 3.8) is 0 Å². The van der Waals surface area contributed by atoms with Crippen LogP contribution in [0.3, 0.4) is 0 Å². The molecule has 0 unspecified atom stereocenters. The van der Waals surface area contributed by atoms with Gasteiger partial charge in [0.1, 0.15) is 0 Å². The zero-order valence-corrected chi connectivity index (χ0v) is 18.1. The second kappa shape index (κ2) is 10.5. The molecule has 1 aromatic carbocycles. The maximum Gasteiger partial charge on any atom is 0.471 e. The van der Waals surface area contributed by atoms with Gasteiger partial charge in [0, 0.05) is 36.5 Å². The third-order valence-electron chi connectivity index (χ3n) is 4.49. The molecule has 7 nitrogen and oxygen atoms in total. The summed E-state index contributed by atoms with van der Waals surface area (Å²) in [6.07, 6.45) is -2.93. The predicted molar refractivity (Wildman–Crippen MR) is 112 cm³/mol. The first kappa shape index (κ1) is 24.4. The highest BCUT2D eigenvalue weighted by molar-refractivity contribution is 7.98. The van der Waals surface area contributed by atoms with Gasteiger partial charge >= 0.3 is 12.1 Å². The number of nitrogens with zero attached hydrogens (tertiary/aromatic N) is 2. The maximum atomic E-state index is 12.7. The van der Waals surface area contributed by atoms with E-state index >= 15 is 0 Å². The van der Waals surface area contributed by atoms with E-state index < -0.39 is 12.1 Å². The number of nitrogens with one attached hydrogen (secondary N) is 2. The molecule has 2 rings (SSSR count). The molecule has 0 aliphatic rings. The van der Waals surface area contributed by atoms with E-state index in [0.717, 1.165) is 0 Å². The fourth-order valence-corrected chi connectivity index (χ4v) is 3.34. The average Bonchev–Trinajstić information content (AvgIpc) is 2.70. The minimum absolute atomic E-state index is 0.0298. The molecular formula is C20H23F3N4O3S. The van der Waals surface area contributed by atoms with Crippen LogP contribution in [0.15, 0.2) is 34.2 Å². The number of halogens is 3. The number of anilines is 1. The summed E-state index contributed by atoms with van der Waals surface area (Å²) < 4.78 is 38.1. The van der Waals surface area contributed by atoms with Gasteiger partial charge in [-0.2, -0.15) is 13.2 Å². The summed E-state index contributed by atoms with van der Waals surface area (Å²) in [6.45, 7) is 2.82. The number of aromatic nitrogens is 2. The second-order valence-corrected chi connectivity index (χ2v) is 7.50. The van der Waals surface area contributed by atoms with Crippen molar-refractivity contribution in [2.24, 2.45) is 0 Å². The van der Waals surface area contributed by atoms with Crippen molar-refractivity contribution >= 4 is 29.3 Å². The Morgan fingerprint density at radius 3 is 2.58 bits per heavy atom.